The zero-order valence-electron chi connectivity index (χ0n) is 16.1. The molecule has 1 aromatic heterocycles. The number of hydrogen-bond donors (Lipinski definition) is 0. The summed E-state index contributed by atoms with van der Waals surface area (Å²) >= 11 is 0. The zero-order valence-corrected chi connectivity index (χ0v) is 16.1. The van der Waals surface area contributed by atoms with Crippen molar-refractivity contribution in [1.82, 2.24) is 19.9 Å². The lowest BCUT2D eigenvalue weighted by Crippen LogP contribution is -2.30. The van der Waals surface area contributed by atoms with Crippen molar-refractivity contribution < 1.29 is 14.3 Å². The van der Waals surface area contributed by atoms with Gasteiger partial charge in [0.05, 0.1) is 26.2 Å². The van der Waals surface area contributed by atoms with E-state index in [0.717, 1.165) is 5.56 Å². The van der Waals surface area contributed by atoms with Crippen molar-refractivity contribution in [3.05, 3.63) is 58.4 Å². The third-order valence-corrected chi connectivity index (χ3v) is 4.48. The molecule has 0 radical (unpaired) electrons. The maximum atomic E-state index is 12.5. The predicted molar refractivity (Wildman–Crippen MR) is 104 cm³/mol. The minimum Gasteiger partial charge on any atom is -0.493 e. The first-order valence-electron chi connectivity index (χ1n) is 8.81. The third kappa shape index (κ3) is 3.95. The van der Waals surface area contributed by atoms with E-state index in [1.807, 2.05) is 12.1 Å². The predicted octanol–water partition coefficient (Wildman–Crippen LogP) is 1.86. The Bertz CT molecular complexity index is 1050. The van der Waals surface area contributed by atoms with Gasteiger partial charge in [-0.25, -0.2) is 4.68 Å². The van der Waals surface area contributed by atoms with Crippen LogP contribution in [0.3, 0.4) is 0 Å². The van der Waals surface area contributed by atoms with Crippen LogP contribution in [-0.4, -0.2) is 47.1 Å². The molecule has 28 heavy (non-hydrogen) atoms. The molecule has 0 N–H and O–H groups in total. The van der Waals surface area contributed by atoms with Gasteiger partial charge < -0.3 is 14.4 Å². The summed E-state index contributed by atoms with van der Waals surface area (Å²) in [6.45, 7) is 0.520. The van der Waals surface area contributed by atoms with E-state index in [0.29, 0.717) is 28.9 Å². The SMILES string of the molecule is COc1cccc(CN(C)C(=O)CCn2nnc3ccccc3c2=O)c1OC. The number of hydrogen-bond acceptors (Lipinski definition) is 6. The van der Waals surface area contributed by atoms with Gasteiger partial charge in [-0.2, -0.15) is 0 Å². The molecule has 0 atom stereocenters. The minimum atomic E-state index is -0.254. The second kappa shape index (κ2) is 8.51. The summed E-state index contributed by atoms with van der Waals surface area (Å²) in [6, 6.07) is 12.5. The smallest absolute Gasteiger partial charge is 0.277 e. The zero-order chi connectivity index (χ0) is 20.1. The van der Waals surface area contributed by atoms with E-state index in [9.17, 15) is 9.59 Å². The molecule has 0 saturated heterocycles. The maximum absolute atomic E-state index is 12.5. The first-order valence-corrected chi connectivity index (χ1v) is 8.81. The first-order chi connectivity index (χ1) is 13.5. The lowest BCUT2D eigenvalue weighted by Gasteiger charge is -2.20. The summed E-state index contributed by atoms with van der Waals surface area (Å²) in [5.74, 6) is 1.09. The van der Waals surface area contributed by atoms with E-state index in [1.165, 1.54) is 4.68 Å². The molecule has 3 aromatic rings. The normalized spacial score (nSPS) is 10.7. The number of amides is 1. The molecule has 3 rings (SSSR count). The van der Waals surface area contributed by atoms with Crippen LogP contribution >= 0.6 is 0 Å². The van der Waals surface area contributed by atoms with Crippen LogP contribution in [0, 0.1) is 0 Å². The van der Waals surface area contributed by atoms with E-state index in [1.54, 1.807) is 56.5 Å². The Morgan fingerprint density at radius 1 is 1.11 bits per heavy atom. The number of benzene rings is 2. The van der Waals surface area contributed by atoms with E-state index < -0.39 is 0 Å². The van der Waals surface area contributed by atoms with Gasteiger partial charge in [0, 0.05) is 25.6 Å². The van der Waals surface area contributed by atoms with Gasteiger partial charge in [0.25, 0.3) is 5.56 Å². The summed E-state index contributed by atoms with van der Waals surface area (Å²) in [5.41, 5.74) is 1.12. The fourth-order valence-corrected chi connectivity index (χ4v) is 2.98. The topological polar surface area (TPSA) is 86.5 Å². The number of aromatic nitrogens is 3. The number of aryl methyl sites for hydroxylation is 1. The largest absolute Gasteiger partial charge is 0.493 e. The van der Waals surface area contributed by atoms with Crippen LogP contribution in [0.1, 0.15) is 12.0 Å². The fourth-order valence-electron chi connectivity index (χ4n) is 2.98. The number of para-hydroxylation sites is 1. The van der Waals surface area contributed by atoms with Crippen LogP contribution in [0.15, 0.2) is 47.3 Å². The van der Waals surface area contributed by atoms with Crippen molar-refractivity contribution in [3.63, 3.8) is 0 Å². The molecule has 8 nitrogen and oxygen atoms in total. The number of carbonyl (C=O) groups excluding carboxylic acids is 1. The Morgan fingerprint density at radius 3 is 2.64 bits per heavy atom. The number of carbonyl (C=O) groups is 1. The molecule has 0 saturated carbocycles. The summed E-state index contributed by atoms with van der Waals surface area (Å²) in [5, 5.41) is 8.44. The van der Waals surface area contributed by atoms with Crippen molar-refractivity contribution in [1.29, 1.82) is 0 Å². The van der Waals surface area contributed by atoms with Gasteiger partial charge in [-0.05, 0) is 18.2 Å². The van der Waals surface area contributed by atoms with Crippen LogP contribution in [0.5, 0.6) is 11.5 Å². The molecule has 8 heteroatoms. The molecule has 0 unspecified atom stereocenters. The highest BCUT2D eigenvalue weighted by Crippen LogP contribution is 2.31. The van der Waals surface area contributed by atoms with Crippen LogP contribution in [-0.2, 0) is 17.9 Å². The van der Waals surface area contributed by atoms with Crippen LogP contribution in [0.25, 0.3) is 10.9 Å². The second-order valence-corrected chi connectivity index (χ2v) is 6.29. The molecule has 0 aliphatic carbocycles. The molecule has 146 valence electrons. The van der Waals surface area contributed by atoms with Crippen LogP contribution in [0.2, 0.25) is 0 Å². The molecule has 1 amide bonds. The van der Waals surface area contributed by atoms with Crippen molar-refractivity contribution >= 4 is 16.8 Å². The van der Waals surface area contributed by atoms with Crippen LogP contribution < -0.4 is 15.0 Å². The van der Waals surface area contributed by atoms with Gasteiger partial charge in [0.2, 0.25) is 5.91 Å². The number of ether oxygens (including phenoxy) is 2. The summed E-state index contributed by atoms with van der Waals surface area (Å²) < 4.78 is 11.9. The molecule has 0 spiro atoms. The minimum absolute atomic E-state index is 0.119. The Balaban J connectivity index is 1.69. The van der Waals surface area contributed by atoms with E-state index in [-0.39, 0.29) is 24.4 Å². The maximum Gasteiger partial charge on any atom is 0.277 e. The molecular formula is C20H22N4O4. The highest BCUT2D eigenvalue weighted by atomic mass is 16.5. The molecule has 0 bridgehead atoms. The van der Waals surface area contributed by atoms with Crippen molar-refractivity contribution in [2.24, 2.45) is 0 Å². The molecular weight excluding hydrogens is 360 g/mol. The van der Waals surface area contributed by atoms with Gasteiger partial charge in [-0.1, -0.05) is 29.5 Å². The lowest BCUT2D eigenvalue weighted by atomic mass is 10.1. The number of methoxy groups -OCH3 is 2. The first kappa shape index (κ1) is 19.3. The van der Waals surface area contributed by atoms with Crippen LogP contribution in [0.4, 0.5) is 0 Å². The monoisotopic (exact) mass is 382 g/mol. The molecule has 0 fully saturated rings. The van der Waals surface area contributed by atoms with Gasteiger partial charge in [0.1, 0.15) is 5.52 Å². The second-order valence-electron chi connectivity index (χ2n) is 6.29. The quantitative estimate of drug-likeness (QED) is 0.620. The Hall–Kier alpha value is -3.42. The summed E-state index contributed by atoms with van der Waals surface area (Å²) in [6.07, 6.45) is 0.135. The third-order valence-electron chi connectivity index (χ3n) is 4.48. The van der Waals surface area contributed by atoms with E-state index in [2.05, 4.69) is 10.3 Å². The van der Waals surface area contributed by atoms with Crippen molar-refractivity contribution in [3.8, 4) is 11.5 Å². The summed E-state index contributed by atoms with van der Waals surface area (Å²) in [7, 11) is 4.84. The average Bonchev–Trinajstić information content (AvgIpc) is 2.72. The highest BCUT2D eigenvalue weighted by molar-refractivity contribution is 5.77. The van der Waals surface area contributed by atoms with Crippen molar-refractivity contribution in [2.75, 3.05) is 21.3 Å². The highest BCUT2D eigenvalue weighted by Gasteiger charge is 2.15. The Morgan fingerprint density at radius 2 is 1.89 bits per heavy atom. The summed E-state index contributed by atoms with van der Waals surface area (Å²) in [4.78, 5) is 26.6. The molecule has 2 aromatic carbocycles. The molecule has 0 aliphatic heterocycles. The van der Waals surface area contributed by atoms with Gasteiger partial charge >= 0.3 is 0 Å². The number of fused-ring (bicyclic) bond motifs is 1. The Kier molecular flexibility index (Phi) is 5.88. The Labute approximate surface area is 162 Å². The van der Waals surface area contributed by atoms with Gasteiger partial charge in [-0.15, -0.1) is 5.10 Å². The fraction of sp³-hybridized carbons (Fsp3) is 0.300. The molecule has 0 aliphatic rings. The lowest BCUT2D eigenvalue weighted by molar-refractivity contribution is -0.130. The number of nitrogens with zero attached hydrogens (tertiary/aromatic N) is 4. The van der Waals surface area contributed by atoms with Gasteiger partial charge in [0.15, 0.2) is 11.5 Å². The van der Waals surface area contributed by atoms with E-state index >= 15 is 0 Å². The average molecular weight is 382 g/mol. The van der Waals surface area contributed by atoms with Crippen molar-refractivity contribution in [2.45, 2.75) is 19.5 Å². The number of rotatable bonds is 7. The standard InChI is InChI=1S/C20H22N4O4/c1-23(13-14-7-6-10-17(27-2)19(14)28-3)18(25)11-12-24-20(26)15-8-4-5-9-16(15)21-22-24/h4-10H,11-13H2,1-3H3. The van der Waals surface area contributed by atoms with Gasteiger partial charge in [-0.3, -0.25) is 9.59 Å². The van der Waals surface area contributed by atoms with E-state index in [4.69, 9.17) is 9.47 Å². The molecule has 1 heterocycles.